The van der Waals surface area contributed by atoms with Crippen molar-refractivity contribution in [1.29, 1.82) is 0 Å². The van der Waals surface area contributed by atoms with Crippen LogP contribution in [0, 0.1) is 20.8 Å². The van der Waals surface area contributed by atoms with Gasteiger partial charge < -0.3 is 10.6 Å². The van der Waals surface area contributed by atoms with Gasteiger partial charge in [0, 0.05) is 24.0 Å². The van der Waals surface area contributed by atoms with Gasteiger partial charge in [-0.15, -0.1) is 0 Å². The van der Waals surface area contributed by atoms with E-state index in [0.29, 0.717) is 0 Å². The number of benzene rings is 1. The maximum atomic E-state index is 12.7. The summed E-state index contributed by atoms with van der Waals surface area (Å²) in [5, 5.41) is 10.8. The molecule has 0 fully saturated rings. The second-order valence-electron chi connectivity index (χ2n) is 7.02. The molecule has 0 radical (unpaired) electrons. The fourth-order valence-electron chi connectivity index (χ4n) is 2.92. The van der Waals surface area contributed by atoms with E-state index in [4.69, 9.17) is 0 Å². The minimum Gasteiger partial charge on any atom is -0.372 e. The average molecular weight is 328 g/mol. The first kappa shape index (κ1) is 18.0. The summed E-state index contributed by atoms with van der Waals surface area (Å²) >= 11 is 0. The normalized spacial score (nSPS) is 12.8. The molecule has 24 heavy (non-hydrogen) atoms. The van der Waals surface area contributed by atoms with Crippen molar-refractivity contribution < 1.29 is 4.79 Å². The van der Waals surface area contributed by atoms with Gasteiger partial charge in [0.15, 0.2) is 0 Å². The van der Waals surface area contributed by atoms with Crippen LogP contribution in [0.2, 0.25) is 0 Å². The standard InChI is InChI=1S/C19H28N4O/c1-12-8-10-16(11-9-12)21-19(5,6)18(24)20-13(2)17-14(3)22-23(7)15(17)4/h8-11,13,21H,1-7H3,(H,20,24). The van der Waals surface area contributed by atoms with Crippen molar-refractivity contribution in [3.8, 4) is 0 Å². The number of nitrogens with one attached hydrogen (secondary N) is 2. The number of amides is 1. The van der Waals surface area contributed by atoms with Gasteiger partial charge in [0.25, 0.3) is 0 Å². The zero-order chi connectivity index (χ0) is 18.1. The maximum absolute atomic E-state index is 12.7. The van der Waals surface area contributed by atoms with Gasteiger partial charge in [0.05, 0.1) is 11.7 Å². The summed E-state index contributed by atoms with van der Waals surface area (Å²) in [4.78, 5) is 12.7. The van der Waals surface area contributed by atoms with Gasteiger partial charge in [-0.2, -0.15) is 5.10 Å². The Bertz CT molecular complexity index is 729. The largest absolute Gasteiger partial charge is 0.372 e. The van der Waals surface area contributed by atoms with Crippen LogP contribution in [-0.2, 0) is 11.8 Å². The number of nitrogens with zero attached hydrogens (tertiary/aromatic N) is 2. The zero-order valence-corrected chi connectivity index (χ0v) is 15.7. The van der Waals surface area contributed by atoms with E-state index in [-0.39, 0.29) is 11.9 Å². The molecule has 1 aromatic heterocycles. The lowest BCUT2D eigenvalue weighted by atomic mass is 10.0. The summed E-state index contributed by atoms with van der Waals surface area (Å²) in [5.74, 6) is -0.0433. The van der Waals surface area contributed by atoms with Gasteiger partial charge in [-0.1, -0.05) is 17.7 Å². The molecular weight excluding hydrogens is 300 g/mol. The van der Waals surface area contributed by atoms with Gasteiger partial charge in [0.1, 0.15) is 5.54 Å². The molecule has 1 unspecified atom stereocenters. The predicted octanol–water partition coefficient (Wildman–Crippen LogP) is 3.41. The monoisotopic (exact) mass is 328 g/mol. The van der Waals surface area contributed by atoms with Crippen LogP contribution in [0.4, 0.5) is 5.69 Å². The highest BCUT2D eigenvalue weighted by atomic mass is 16.2. The Labute approximate surface area is 144 Å². The lowest BCUT2D eigenvalue weighted by Gasteiger charge is -2.28. The first-order valence-corrected chi connectivity index (χ1v) is 8.27. The summed E-state index contributed by atoms with van der Waals surface area (Å²) in [5.41, 5.74) is 4.52. The van der Waals surface area contributed by atoms with Crippen molar-refractivity contribution in [3.63, 3.8) is 0 Å². The molecule has 2 N–H and O–H groups in total. The zero-order valence-electron chi connectivity index (χ0n) is 15.7. The summed E-state index contributed by atoms with van der Waals surface area (Å²) in [6, 6.07) is 7.94. The quantitative estimate of drug-likeness (QED) is 0.884. The average Bonchev–Trinajstić information content (AvgIpc) is 2.74. The molecule has 0 saturated heterocycles. The highest BCUT2D eigenvalue weighted by Crippen LogP contribution is 2.22. The van der Waals surface area contributed by atoms with Crippen LogP contribution in [0.3, 0.4) is 0 Å². The van der Waals surface area contributed by atoms with Gasteiger partial charge in [-0.25, -0.2) is 0 Å². The number of hydrogen-bond donors (Lipinski definition) is 2. The van der Waals surface area contributed by atoms with Crippen molar-refractivity contribution in [3.05, 3.63) is 46.8 Å². The summed E-state index contributed by atoms with van der Waals surface area (Å²) in [6.07, 6.45) is 0. The van der Waals surface area contributed by atoms with Crippen LogP contribution in [-0.4, -0.2) is 21.2 Å². The Kier molecular flexibility index (Phi) is 5.02. The van der Waals surface area contributed by atoms with E-state index in [9.17, 15) is 4.79 Å². The third-order valence-corrected chi connectivity index (χ3v) is 4.42. The Morgan fingerprint density at radius 2 is 1.75 bits per heavy atom. The third kappa shape index (κ3) is 3.78. The topological polar surface area (TPSA) is 59.0 Å². The van der Waals surface area contributed by atoms with Gasteiger partial charge in [0.2, 0.25) is 5.91 Å². The Hall–Kier alpha value is -2.30. The number of carbonyl (C=O) groups is 1. The summed E-state index contributed by atoms with van der Waals surface area (Å²) < 4.78 is 1.85. The van der Waals surface area contributed by atoms with E-state index >= 15 is 0 Å². The van der Waals surface area contributed by atoms with Crippen LogP contribution < -0.4 is 10.6 Å². The van der Waals surface area contributed by atoms with Crippen molar-refractivity contribution in [2.45, 2.75) is 53.1 Å². The van der Waals surface area contributed by atoms with E-state index in [1.807, 2.05) is 77.5 Å². The Morgan fingerprint density at radius 1 is 1.17 bits per heavy atom. The second-order valence-corrected chi connectivity index (χ2v) is 7.02. The third-order valence-electron chi connectivity index (χ3n) is 4.42. The summed E-state index contributed by atoms with van der Waals surface area (Å²) in [7, 11) is 1.92. The smallest absolute Gasteiger partial charge is 0.245 e. The van der Waals surface area contributed by atoms with Crippen LogP contribution in [0.1, 0.15) is 49.3 Å². The summed E-state index contributed by atoms with van der Waals surface area (Å²) in [6.45, 7) is 11.8. The molecule has 0 spiro atoms. The van der Waals surface area contributed by atoms with Crippen molar-refractivity contribution in [2.24, 2.45) is 7.05 Å². The number of aromatic nitrogens is 2. The number of carbonyl (C=O) groups excluding carboxylic acids is 1. The Morgan fingerprint density at radius 3 is 2.25 bits per heavy atom. The molecule has 0 aliphatic heterocycles. The molecule has 1 aromatic carbocycles. The molecule has 0 bridgehead atoms. The van der Waals surface area contributed by atoms with Gasteiger partial charge >= 0.3 is 0 Å². The number of anilines is 1. The minimum atomic E-state index is -0.715. The number of rotatable bonds is 5. The van der Waals surface area contributed by atoms with Crippen molar-refractivity contribution in [2.75, 3.05) is 5.32 Å². The Balaban J connectivity index is 2.10. The van der Waals surface area contributed by atoms with Crippen molar-refractivity contribution >= 4 is 11.6 Å². The molecule has 2 aromatic rings. The molecule has 0 aliphatic carbocycles. The molecule has 1 atom stereocenters. The van der Waals surface area contributed by atoms with Crippen LogP contribution in [0.15, 0.2) is 24.3 Å². The van der Waals surface area contributed by atoms with Gasteiger partial charge in [-0.05, 0) is 53.7 Å². The molecule has 2 rings (SSSR count). The lowest BCUT2D eigenvalue weighted by molar-refractivity contribution is -0.125. The molecule has 1 amide bonds. The molecule has 5 heteroatoms. The maximum Gasteiger partial charge on any atom is 0.245 e. The molecule has 1 heterocycles. The van der Waals surface area contributed by atoms with Crippen molar-refractivity contribution in [1.82, 2.24) is 15.1 Å². The van der Waals surface area contributed by atoms with Crippen LogP contribution >= 0.6 is 0 Å². The predicted molar refractivity (Wildman–Crippen MR) is 98.1 cm³/mol. The molecule has 0 aliphatic rings. The van der Waals surface area contributed by atoms with E-state index in [1.54, 1.807) is 0 Å². The SMILES string of the molecule is Cc1ccc(NC(C)(C)C(=O)NC(C)c2c(C)nn(C)c2C)cc1. The first-order chi connectivity index (χ1) is 11.1. The lowest BCUT2D eigenvalue weighted by Crippen LogP contribution is -2.48. The van der Waals surface area contributed by atoms with E-state index in [2.05, 4.69) is 15.7 Å². The fraction of sp³-hybridized carbons (Fsp3) is 0.474. The van der Waals surface area contributed by atoms with Gasteiger partial charge in [-0.3, -0.25) is 9.48 Å². The minimum absolute atomic E-state index is 0.0433. The van der Waals surface area contributed by atoms with Crippen LogP contribution in [0.5, 0.6) is 0 Å². The van der Waals surface area contributed by atoms with Crippen LogP contribution in [0.25, 0.3) is 0 Å². The first-order valence-electron chi connectivity index (χ1n) is 8.27. The van der Waals surface area contributed by atoms with E-state index in [1.165, 1.54) is 5.56 Å². The van der Waals surface area contributed by atoms with E-state index in [0.717, 1.165) is 22.6 Å². The highest BCUT2D eigenvalue weighted by Gasteiger charge is 2.29. The number of hydrogen-bond acceptors (Lipinski definition) is 3. The molecule has 0 saturated carbocycles. The fourth-order valence-corrected chi connectivity index (χ4v) is 2.92. The number of aryl methyl sites for hydroxylation is 3. The highest BCUT2D eigenvalue weighted by molar-refractivity contribution is 5.88. The van der Waals surface area contributed by atoms with E-state index < -0.39 is 5.54 Å². The molecule has 5 nitrogen and oxygen atoms in total. The second kappa shape index (κ2) is 6.67. The molecule has 130 valence electrons. The molecular formula is C19H28N4O.